The third-order valence-electron chi connectivity index (χ3n) is 3.35. The van der Waals surface area contributed by atoms with E-state index >= 15 is 0 Å². The number of hydrogen-bond donors (Lipinski definition) is 2. The summed E-state index contributed by atoms with van der Waals surface area (Å²) in [7, 11) is 0. The van der Waals surface area contributed by atoms with Gasteiger partial charge in [-0.3, -0.25) is 0 Å². The molecule has 0 rings (SSSR count). The van der Waals surface area contributed by atoms with E-state index in [1.165, 1.54) is 0 Å². The number of aliphatic hydroxyl groups is 2. The molecule has 15 heavy (non-hydrogen) atoms. The van der Waals surface area contributed by atoms with Crippen LogP contribution in [0.25, 0.3) is 0 Å². The van der Waals surface area contributed by atoms with Crippen LogP contribution in [0.2, 0.25) is 0 Å². The Hall–Kier alpha value is -0.0800. The second-order valence-corrected chi connectivity index (χ2v) is 5.06. The Kier molecular flexibility index (Phi) is 7.20. The lowest BCUT2D eigenvalue weighted by Gasteiger charge is -2.38. The molecule has 2 heteroatoms. The maximum atomic E-state index is 10.2. The Morgan fingerprint density at radius 3 is 2.00 bits per heavy atom. The minimum Gasteiger partial charge on any atom is -0.396 e. The van der Waals surface area contributed by atoms with E-state index in [9.17, 15) is 10.2 Å². The molecule has 2 atom stereocenters. The van der Waals surface area contributed by atoms with Gasteiger partial charge in [0.1, 0.15) is 0 Å². The lowest BCUT2D eigenvalue weighted by Crippen LogP contribution is -2.41. The van der Waals surface area contributed by atoms with Crippen LogP contribution in [-0.4, -0.2) is 22.9 Å². The van der Waals surface area contributed by atoms with Gasteiger partial charge in [-0.2, -0.15) is 0 Å². The Morgan fingerprint density at radius 1 is 1.07 bits per heavy atom. The monoisotopic (exact) mass is 216 g/mol. The fourth-order valence-corrected chi connectivity index (χ4v) is 2.41. The Bertz CT molecular complexity index is 157. The van der Waals surface area contributed by atoms with Gasteiger partial charge >= 0.3 is 0 Å². The number of aliphatic hydroxyl groups excluding tert-OH is 2. The van der Waals surface area contributed by atoms with E-state index in [2.05, 4.69) is 13.8 Å². The van der Waals surface area contributed by atoms with Gasteiger partial charge < -0.3 is 10.2 Å². The highest BCUT2D eigenvalue weighted by atomic mass is 16.3. The van der Waals surface area contributed by atoms with E-state index < -0.39 is 0 Å². The molecule has 0 saturated heterocycles. The van der Waals surface area contributed by atoms with Gasteiger partial charge in [0.2, 0.25) is 0 Å². The molecular weight excluding hydrogens is 188 g/mol. The van der Waals surface area contributed by atoms with Crippen molar-refractivity contribution in [2.45, 2.75) is 65.9 Å². The molecule has 0 fully saturated rings. The average molecular weight is 216 g/mol. The van der Waals surface area contributed by atoms with Crippen LogP contribution in [0.4, 0.5) is 0 Å². The van der Waals surface area contributed by atoms with Crippen molar-refractivity contribution in [3.8, 4) is 0 Å². The molecule has 0 aromatic heterocycles. The van der Waals surface area contributed by atoms with Crippen LogP contribution in [-0.2, 0) is 0 Å². The van der Waals surface area contributed by atoms with E-state index in [0.29, 0.717) is 0 Å². The molecule has 2 N–H and O–H groups in total. The summed E-state index contributed by atoms with van der Waals surface area (Å²) >= 11 is 0. The highest BCUT2D eigenvalue weighted by molar-refractivity contribution is 4.87. The van der Waals surface area contributed by atoms with Crippen LogP contribution in [0.3, 0.4) is 0 Å². The molecule has 92 valence electrons. The van der Waals surface area contributed by atoms with Crippen LogP contribution in [0.1, 0.15) is 59.8 Å². The molecule has 0 bridgehead atoms. The van der Waals surface area contributed by atoms with Gasteiger partial charge in [-0.25, -0.2) is 0 Å². The molecular formula is C13H28O2. The third kappa shape index (κ3) is 4.12. The van der Waals surface area contributed by atoms with Crippen LogP contribution in [0, 0.1) is 11.3 Å². The van der Waals surface area contributed by atoms with Crippen molar-refractivity contribution >= 4 is 0 Å². The quantitative estimate of drug-likeness (QED) is 0.655. The van der Waals surface area contributed by atoms with Gasteiger partial charge in [-0.05, 0) is 18.8 Å². The highest BCUT2D eigenvalue weighted by Crippen LogP contribution is 2.36. The largest absolute Gasteiger partial charge is 0.396 e. The molecule has 2 unspecified atom stereocenters. The molecule has 0 amide bonds. The number of rotatable bonds is 8. The molecule has 0 aliphatic rings. The molecule has 0 saturated carbocycles. The zero-order chi connectivity index (χ0) is 11.9. The summed E-state index contributed by atoms with van der Waals surface area (Å²) in [5.41, 5.74) is -0.265. The van der Waals surface area contributed by atoms with Crippen molar-refractivity contribution in [2.24, 2.45) is 11.3 Å². The summed E-state index contributed by atoms with van der Waals surface area (Å²) in [4.78, 5) is 0. The number of hydrogen-bond acceptors (Lipinski definition) is 2. The van der Waals surface area contributed by atoms with Crippen molar-refractivity contribution in [1.29, 1.82) is 0 Å². The molecule has 0 aliphatic heterocycles. The second-order valence-electron chi connectivity index (χ2n) is 5.06. The molecule has 0 heterocycles. The minimum atomic E-state index is -0.381. The first-order valence-electron chi connectivity index (χ1n) is 6.33. The first kappa shape index (κ1) is 14.9. The summed E-state index contributed by atoms with van der Waals surface area (Å²) in [6.07, 6.45) is 4.71. The van der Waals surface area contributed by atoms with Gasteiger partial charge in [0.15, 0.2) is 0 Å². The predicted molar refractivity (Wildman–Crippen MR) is 64.8 cm³/mol. The lowest BCUT2D eigenvalue weighted by molar-refractivity contribution is -0.0559. The van der Waals surface area contributed by atoms with Crippen LogP contribution >= 0.6 is 0 Å². The maximum absolute atomic E-state index is 10.2. The molecule has 0 radical (unpaired) electrons. The normalized spacial score (nSPS) is 17.8. The summed E-state index contributed by atoms with van der Waals surface area (Å²) < 4.78 is 0. The van der Waals surface area contributed by atoms with E-state index in [0.717, 1.165) is 32.1 Å². The van der Waals surface area contributed by atoms with Crippen LogP contribution < -0.4 is 0 Å². The molecule has 0 aliphatic carbocycles. The predicted octanol–water partition coefficient (Wildman–Crippen LogP) is 2.97. The van der Waals surface area contributed by atoms with Crippen molar-refractivity contribution < 1.29 is 10.2 Å². The first-order valence-corrected chi connectivity index (χ1v) is 6.33. The van der Waals surface area contributed by atoms with Crippen LogP contribution in [0.5, 0.6) is 0 Å². The molecule has 2 nitrogen and oxygen atoms in total. The Balaban J connectivity index is 4.62. The summed E-state index contributed by atoms with van der Waals surface area (Å²) in [6.45, 7) is 8.42. The standard InChI is InChI=1S/C13H28O2/c1-5-7-9-13(10-14,8-6-2)12(15)11(3)4/h11-12,14-15H,5-10H2,1-4H3. The highest BCUT2D eigenvalue weighted by Gasteiger charge is 2.37. The zero-order valence-electron chi connectivity index (χ0n) is 10.8. The Morgan fingerprint density at radius 2 is 1.67 bits per heavy atom. The smallest absolute Gasteiger partial charge is 0.0641 e. The van der Waals surface area contributed by atoms with Crippen molar-refractivity contribution in [3.05, 3.63) is 0 Å². The third-order valence-corrected chi connectivity index (χ3v) is 3.35. The fraction of sp³-hybridized carbons (Fsp3) is 1.00. The van der Waals surface area contributed by atoms with Gasteiger partial charge in [0.25, 0.3) is 0 Å². The summed E-state index contributed by atoms with van der Waals surface area (Å²) in [6, 6.07) is 0. The fourth-order valence-electron chi connectivity index (χ4n) is 2.41. The first-order chi connectivity index (χ1) is 7.04. The minimum absolute atomic E-state index is 0.111. The van der Waals surface area contributed by atoms with E-state index in [1.807, 2.05) is 13.8 Å². The van der Waals surface area contributed by atoms with Gasteiger partial charge in [0.05, 0.1) is 12.7 Å². The van der Waals surface area contributed by atoms with Crippen molar-refractivity contribution in [2.75, 3.05) is 6.61 Å². The molecule has 0 aromatic carbocycles. The summed E-state index contributed by atoms with van der Waals surface area (Å²) in [5, 5.41) is 19.8. The van der Waals surface area contributed by atoms with E-state index in [-0.39, 0.29) is 24.0 Å². The SMILES string of the molecule is CCCCC(CO)(CCC)C(O)C(C)C. The zero-order valence-corrected chi connectivity index (χ0v) is 10.8. The van der Waals surface area contributed by atoms with Crippen molar-refractivity contribution in [1.82, 2.24) is 0 Å². The number of unbranched alkanes of at least 4 members (excludes halogenated alkanes) is 1. The second kappa shape index (κ2) is 7.24. The van der Waals surface area contributed by atoms with Gasteiger partial charge in [-0.1, -0.05) is 47.0 Å². The Labute approximate surface area is 94.7 Å². The lowest BCUT2D eigenvalue weighted by atomic mass is 9.71. The molecule has 0 aromatic rings. The topological polar surface area (TPSA) is 40.5 Å². The van der Waals surface area contributed by atoms with Crippen molar-refractivity contribution in [3.63, 3.8) is 0 Å². The maximum Gasteiger partial charge on any atom is 0.0641 e. The summed E-state index contributed by atoms with van der Waals surface area (Å²) in [5.74, 6) is 0.223. The van der Waals surface area contributed by atoms with E-state index in [1.54, 1.807) is 0 Å². The van der Waals surface area contributed by atoms with Crippen LogP contribution in [0.15, 0.2) is 0 Å². The van der Waals surface area contributed by atoms with E-state index in [4.69, 9.17) is 0 Å². The van der Waals surface area contributed by atoms with Gasteiger partial charge in [0, 0.05) is 5.41 Å². The average Bonchev–Trinajstić information content (AvgIpc) is 2.23. The van der Waals surface area contributed by atoms with Gasteiger partial charge in [-0.15, -0.1) is 0 Å². The molecule has 0 spiro atoms.